The largest absolute Gasteiger partial charge is 0.328 e. The summed E-state index contributed by atoms with van der Waals surface area (Å²) in [4.78, 5) is 13.4. The van der Waals surface area contributed by atoms with Gasteiger partial charge in [-0.1, -0.05) is 24.1 Å². The number of carbonyl (C=O) groups is 1. The van der Waals surface area contributed by atoms with Crippen molar-refractivity contribution in [3.8, 4) is 12.3 Å². The van der Waals surface area contributed by atoms with Crippen molar-refractivity contribution in [2.45, 2.75) is 19.8 Å². The molecule has 1 rings (SSSR count). The molecular formula is C13H17NO. The maximum atomic E-state index is 11.7. The lowest BCUT2D eigenvalue weighted by Crippen LogP contribution is -2.31. The van der Waals surface area contributed by atoms with Gasteiger partial charge in [0.15, 0.2) is 0 Å². The molecule has 15 heavy (non-hydrogen) atoms. The Labute approximate surface area is 91.7 Å². The Morgan fingerprint density at radius 2 is 2.27 bits per heavy atom. The molecule has 0 aliphatic heterocycles. The Kier molecular flexibility index (Phi) is 4.70. The van der Waals surface area contributed by atoms with Crippen molar-refractivity contribution in [3.63, 3.8) is 0 Å². The SMILES string of the molecule is C#CCN(CC1CC1)C(=O)C=CC=CC. The highest BCUT2D eigenvalue weighted by Gasteiger charge is 2.25. The number of rotatable bonds is 5. The van der Waals surface area contributed by atoms with Gasteiger partial charge in [-0.3, -0.25) is 4.79 Å². The fourth-order valence-electron chi connectivity index (χ4n) is 1.31. The topological polar surface area (TPSA) is 20.3 Å². The summed E-state index contributed by atoms with van der Waals surface area (Å²) in [5, 5.41) is 0. The normalized spacial score (nSPS) is 15.7. The highest BCUT2D eigenvalue weighted by molar-refractivity contribution is 5.88. The molecule has 0 bridgehead atoms. The van der Waals surface area contributed by atoms with Crippen LogP contribution >= 0.6 is 0 Å². The number of hydrogen-bond donors (Lipinski definition) is 0. The predicted molar refractivity (Wildman–Crippen MR) is 62.1 cm³/mol. The minimum atomic E-state index is 0.0120. The van der Waals surface area contributed by atoms with E-state index in [2.05, 4.69) is 5.92 Å². The third kappa shape index (κ3) is 4.51. The van der Waals surface area contributed by atoms with Crippen LogP contribution in [0.2, 0.25) is 0 Å². The molecule has 0 N–H and O–H groups in total. The molecule has 0 aromatic carbocycles. The first-order chi connectivity index (χ1) is 7.27. The van der Waals surface area contributed by atoms with Crippen LogP contribution in [0.5, 0.6) is 0 Å². The molecule has 0 atom stereocenters. The van der Waals surface area contributed by atoms with Crippen LogP contribution < -0.4 is 0 Å². The van der Waals surface area contributed by atoms with Gasteiger partial charge in [-0.2, -0.15) is 0 Å². The minimum Gasteiger partial charge on any atom is -0.328 e. The van der Waals surface area contributed by atoms with Crippen LogP contribution in [0.15, 0.2) is 24.3 Å². The van der Waals surface area contributed by atoms with E-state index >= 15 is 0 Å². The van der Waals surface area contributed by atoms with Crippen LogP contribution in [0.4, 0.5) is 0 Å². The summed E-state index contributed by atoms with van der Waals surface area (Å²) in [6.45, 7) is 3.14. The third-order valence-electron chi connectivity index (χ3n) is 2.31. The average molecular weight is 203 g/mol. The molecule has 2 heteroatoms. The number of amides is 1. The van der Waals surface area contributed by atoms with Crippen LogP contribution in [0.3, 0.4) is 0 Å². The number of allylic oxidation sites excluding steroid dienone is 3. The molecule has 1 aliphatic carbocycles. The van der Waals surface area contributed by atoms with Gasteiger partial charge in [0, 0.05) is 12.6 Å². The lowest BCUT2D eigenvalue weighted by molar-refractivity contribution is -0.125. The van der Waals surface area contributed by atoms with E-state index in [9.17, 15) is 4.79 Å². The van der Waals surface area contributed by atoms with Gasteiger partial charge in [-0.05, 0) is 25.7 Å². The van der Waals surface area contributed by atoms with Crippen LogP contribution in [-0.4, -0.2) is 23.9 Å². The maximum absolute atomic E-state index is 11.7. The van der Waals surface area contributed by atoms with Crippen molar-refractivity contribution in [1.29, 1.82) is 0 Å². The van der Waals surface area contributed by atoms with Crippen LogP contribution in [-0.2, 0) is 4.79 Å². The van der Waals surface area contributed by atoms with Crippen molar-refractivity contribution >= 4 is 5.91 Å². The predicted octanol–water partition coefficient (Wildman–Crippen LogP) is 1.99. The zero-order valence-corrected chi connectivity index (χ0v) is 9.15. The maximum Gasteiger partial charge on any atom is 0.247 e. The Bertz CT molecular complexity index is 305. The highest BCUT2D eigenvalue weighted by atomic mass is 16.2. The van der Waals surface area contributed by atoms with E-state index in [0.29, 0.717) is 12.5 Å². The Morgan fingerprint density at radius 3 is 2.80 bits per heavy atom. The number of carbonyl (C=O) groups excluding carboxylic acids is 1. The van der Waals surface area contributed by atoms with Crippen molar-refractivity contribution in [1.82, 2.24) is 4.90 Å². The fraction of sp³-hybridized carbons (Fsp3) is 0.462. The first-order valence-electron chi connectivity index (χ1n) is 5.29. The average Bonchev–Trinajstić information content (AvgIpc) is 3.01. The van der Waals surface area contributed by atoms with Gasteiger partial charge >= 0.3 is 0 Å². The van der Waals surface area contributed by atoms with Gasteiger partial charge in [0.25, 0.3) is 0 Å². The lowest BCUT2D eigenvalue weighted by Gasteiger charge is -2.17. The van der Waals surface area contributed by atoms with Crippen LogP contribution in [0.25, 0.3) is 0 Å². The molecule has 1 saturated carbocycles. The van der Waals surface area contributed by atoms with Gasteiger partial charge in [0.1, 0.15) is 0 Å². The van der Waals surface area contributed by atoms with E-state index in [4.69, 9.17) is 6.42 Å². The van der Waals surface area contributed by atoms with E-state index in [1.807, 2.05) is 19.1 Å². The smallest absolute Gasteiger partial charge is 0.247 e. The highest BCUT2D eigenvalue weighted by Crippen LogP contribution is 2.29. The quantitative estimate of drug-likeness (QED) is 0.380. The summed E-state index contributed by atoms with van der Waals surface area (Å²) in [5.74, 6) is 3.22. The van der Waals surface area contributed by atoms with Crippen molar-refractivity contribution in [2.75, 3.05) is 13.1 Å². The second-order valence-electron chi connectivity index (χ2n) is 3.75. The molecule has 0 aromatic rings. The zero-order chi connectivity index (χ0) is 11.1. The monoisotopic (exact) mass is 203 g/mol. The summed E-state index contributed by atoms with van der Waals surface area (Å²) in [6, 6.07) is 0. The molecule has 1 aliphatic rings. The van der Waals surface area contributed by atoms with E-state index < -0.39 is 0 Å². The van der Waals surface area contributed by atoms with Gasteiger partial charge in [0.05, 0.1) is 6.54 Å². The number of hydrogen-bond acceptors (Lipinski definition) is 1. The van der Waals surface area contributed by atoms with Gasteiger partial charge in [0.2, 0.25) is 5.91 Å². The molecule has 80 valence electrons. The second kappa shape index (κ2) is 6.08. The summed E-state index contributed by atoms with van der Waals surface area (Å²) in [6.07, 6.45) is 14.7. The third-order valence-corrected chi connectivity index (χ3v) is 2.31. The van der Waals surface area contributed by atoms with Gasteiger partial charge in [-0.15, -0.1) is 6.42 Å². The lowest BCUT2D eigenvalue weighted by atomic mass is 10.3. The van der Waals surface area contributed by atoms with E-state index in [0.717, 1.165) is 6.54 Å². The first kappa shape index (κ1) is 11.6. The number of terminal acetylenes is 1. The van der Waals surface area contributed by atoms with Gasteiger partial charge < -0.3 is 4.90 Å². The zero-order valence-electron chi connectivity index (χ0n) is 9.15. The Hall–Kier alpha value is -1.49. The van der Waals surface area contributed by atoms with Crippen molar-refractivity contribution in [2.24, 2.45) is 5.92 Å². The van der Waals surface area contributed by atoms with E-state index in [1.165, 1.54) is 12.8 Å². The summed E-state index contributed by atoms with van der Waals surface area (Å²) >= 11 is 0. The summed E-state index contributed by atoms with van der Waals surface area (Å²) < 4.78 is 0. The summed E-state index contributed by atoms with van der Waals surface area (Å²) in [7, 11) is 0. The minimum absolute atomic E-state index is 0.0120. The van der Waals surface area contributed by atoms with E-state index in [1.54, 1.807) is 17.1 Å². The van der Waals surface area contributed by atoms with Crippen LogP contribution in [0.1, 0.15) is 19.8 Å². The van der Waals surface area contributed by atoms with E-state index in [-0.39, 0.29) is 5.91 Å². The van der Waals surface area contributed by atoms with Gasteiger partial charge in [-0.25, -0.2) is 0 Å². The second-order valence-corrected chi connectivity index (χ2v) is 3.75. The number of nitrogens with zero attached hydrogens (tertiary/aromatic N) is 1. The first-order valence-corrected chi connectivity index (χ1v) is 5.29. The fourth-order valence-corrected chi connectivity index (χ4v) is 1.31. The molecule has 2 nitrogen and oxygen atoms in total. The molecule has 1 amide bonds. The van der Waals surface area contributed by atoms with Crippen LogP contribution in [0, 0.1) is 18.3 Å². The molecule has 0 aromatic heterocycles. The van der Waals surface area contributed by atoms with Crippen molar-refractivity contribution in [3.05, 3.63) is 24.3 Å². The Morgan fingerprint density at radius 1 is 1.53 bits per heavy atom. The molecule has 1 fully saturated rings. The molecular weight excluding hydrogens is 186 g/mol. The molecule has 0 radical (unpaired) electrons. The Balaban J connectivity index is 2.46. The standard InChI is InChI=1S/C13H17NO/c1-3-5-6-7-13(15)14(10-4-2)11-12-8-9-12/h2-3,5-7,12H,8-11H2,1H3. The molecule has 0 saturated heterocycles. The van der Waals surface area contributed by atoms with Crippen molar-refractivity contribution < 1.29 is 4.79 Å². The molecule has 0 unspecified atom stereocenters. The summed E-state index contributed by atoms with van der Waals surface area (Å²) in [5.41, 5.74) is 0. The molecule has 0 spiro atoms. The molecule has 0 heterocycles.